The number of rotatable bonds is 7. The molecule has 0 saturated heterocycles. The van der Waals surface area contributed by atoms with Crippen LogP contribution in [0.2, 0.25) is 0 Å². The quantitative estimate of drug-likeness (QED) is 0.621. The number of benzene rings is 2. The molecule has 134 valence electrons. The van der Waals surface area contributed by atoms with Crippen molar-refractivity contribution in [3.8, 4) is 5.75 Å². The number of hydrogen-bond acceptors (Lipinski definition) is 3. The Morgan fingerprint density at radius 2 is 1.76 bits per heavy atom. The number of methoxy groups -OCH3 is 2. The highest BCUT2D eigenvalue weighted by Crippen LogP contribution is 2.13. The van der Waals surface area contributed by atoms with Crippen molar-refractivity contribution in [2.24, 2.45) is 4.99 Å². The zero-order chi connectivity index (χ0) is 18.1. The van der Waals surface area contributed by atoms with Crippen LogP contribution in [-0.4, -0.2) is 39.2 Å². The Balaban J connectivity index is 1.93. The topological polar surface area (TPSA) is 46.1 Å². The first-order valence-corrected chi connectivity index (χ1v) is 8.27. The molecule has 0 unspecified atom stereocenters. The zero-order valence-electron chi connectivity index (χ0n) is 15.5. The Bertz CT molecular complexity index is 684. The number of ether oxygens (including phenoxy) is 2. The zero-order valence-corrected chi connectivity index (χ0v) is 15.5. The van der Waals surface area contributed by atoms with Crippen molar-refractivity contribution in [3.63, 3.8) is 0 Å². The maximum absolute atomic E-state index is 5.20. The van der Waals surface area contributed by atoms with Gasteiger partial charge in [0, 0.05) is 34.3 Å². The first-order valence-electron chi connectivity index (χ1n) is 8.27. The van der Waals surface area contributed by atoms with Crippen LogP contribution in [0.1, 0.15) is 16.7 Å². The van der Waals surface area contributed by atoms with Crippen LogP contribution < -0.4 is 10.1 Å². The summed E-state index contributed by atoms with van der Waals surface area (Å²) in [6.45, 7) is 2.12. The maximum Gasteiger partial charge on any atom is 0.193 e. The molecule has 5 heteroatoms. The summed E-state index contributed by atoms with van der Waals surface area (Å²) in [5.41, 5.74) is 3.57. The third kappa shape index (κ3) is 5.80. The highest BCUT2D eigenvalue weighted by molar-refractivity contribution is 5.79. The van der Waals surface area contributed by atoms with Gasteiger partial charge in [0.1, 0.15) is 5.75 Å². The molecule has 2 rings (SSSR count). The molecule has 0 radical (unpaired) electrons. The molecule has 0 bridgehead atoms. The lowest BCUT2D eigenvalue weighted by Crippen LogP contribution is -2.38. The van der Waals surface area contributed by atoms with E-state index in [9.17, 15) is 0 Å². The lowest BCUT2D eigenvalue weighted by molar-refractivity contribution is 0.185. The minimum atomic E-state index is 0.625. The summed E-state index contributed by atoms with van der Waals surface area (Å²) in [6, 6.07) is 16.4. The van der Waals surface area contributed by atoms with Gasteiger partial charge >= 0.3 is 0 Å². The highest BCUT2D eigenvalue weighted by Gasteiger charge is 2.07. The summed E-state index contributed by atoms with van der Waals surface area (Å²) in [4.78, 5) is 6.47. The molecule has 5 nitrogen and oxygen atoms in total. The second-order valence-electron chi connectivity index (χ2n) is 5.86. The van der Waals surface area contributed by atoms with Gasteiger partial charge in [-0.2, -0.15) is 0 Å². The van der Waals surface area contributed by atoms with Gasteiger partial charge in [-0.1, -0.05) is 36.4 Å². The van der Waals surface area contributed by atoms with Crippen molar-refractivity contribution >= 4 is 5.96 Å². The molecule has 0 aromatic heterocycles. The van der Waals surface area contributed by atoms with E-state index in [4.69, 9.17) is 9.47 Å². The lowest BCUT2D eigenvalue weighted by atomic mass is 10.1. The van der Waals surface area contributed by atoms with Crippen LogP contribution in [0.25, 0.3) is 0 Å². The predicted octanol–water partition coefficient (Wildman–Crippen LogP) is 3.05. The van der Waals surface area contributed by atoms with Gasteiger partial charge in [0.15, 0.2) is 5.96 Å². The summed E-state index contributed by atoms with van der Waals surface area (Å²) in [5.74, 6) is 1.72. The summed E-state index contributed by atoms with van der Waals surface area (Å²) in [7, 11) is 7.21. The van der Waals surface area contributed by atoms with Gasteiger partial charge in [0.2, 0.25) is 0 Å². The number of guanidine groups is 1. The fourth-order valence-corrected chi connectivity index (χ4v) is 2.64. The fourth-order valence-electron chi connectivity index (χ4n) is 2.64. The number of aliphatic imine (C=N–C) groups is 1. The first kappa shape index (κ1) is 18.8. The second kappa shape index (κ2) is 9.69. The van der Waals surface area contributed by atoms with E-state index < -0.39 is 0 Å². The Hall–Kier alpha value is -2.53. The molecule has 0 aliphatic rings. The molecule has 0 aliphatic heterocycles. The van der Waals surface area contributed by atoms with E-state index in [0.29, 0.717) is 6.61 Å². The average molecular weight is 341 g/mol. The fraction of sp³-hybridized carbons (Fsp3) is 0.350. The Kier molecular flexibility index (Phi) is 7.29. The standard InChI is InChI=1S/C20H27N3O2/c1-21-20(22-13-17-6-5-7-18(12-17)15-24-3)23(2)14-16-8-10-19(25-4)11-9-16/h5-12H,13-15H2,1-4H3,(H,21,22). The largest absolute Gasteiger partial charge is 0.497 e. The number of nitrogens with one attached hydrogen (secondary N) is 1. The summed E-state index contributed by atoms with van der Waals surface area (Å²) in [5, 5.41) is 3.41. The number of hydrogen-bond donors (Lipinski definition) is 1. The Labute approximate surface area is 150 Å². The van der Waals surface area contributed by atoms with E-state index in [1.807, 2.05) is 19.2 Å². The van der Waals surface area contributed by atoms with Crippen LogP contribution in [0.4, 0.5) is 0 Å². The SMILES string of the molecule is CN=C(NCc1cccc(COC)c1)N(C)Cc1ccc(OC)cc1. The second-order valence-corrected chi connectivity index (χ2v) is 5.86. The van der Waals surface area contributed by atoms with Crippen LogP contribution in [-0.2, 0) is 24.4 Å². The third-order valence-corrected chi connectivity index (χ3v) is 3.91. The third-order valence-electron chi connectivity index (χ3n) is 3.91. The van der Waals surface area contributed by atoms with E-state index in [0.717, 1.165) is 24.8 Å². The van der Waals surface area contributed by atoms with Crippen LogP contribution in [0.5, 0.6) is 5.75 Å². The van der Waals surface area contributed by atoms with Crippen molar-refractivity contribution in [1.29, 1.82) is 0 Å². The summed E-state index contributed by atoms with van der Waals surface area (Å²) < 4.78 is 10.4. The molecule has 0 spiro atoms. The van der Waals surface area contributed by atoms with Crippen LogP contribution in [0, 0.1) is 0 Å². The lowest BCUT2D eigenvalue weighted by Gasteiger charge is -2.22. The van der Waals surface area contributed by atoms with E-state index in [1.54, 1.807) is 21.3 Å². The molecule has 1 N–H and O–H groups in total. The molecule has 25 heavy (non-hydrogen) atoms. The van der Waals surface area contributed by atoms with Gasteiger partial charge in [0.25, 0.3) is 0 Å². The first-order chi connectivity index (χ1) is 12.2. The normalized spacial score (nSPS) is 11.3. The van der Waals surface area contributed by atoms with E-state index in [2.05, 4.69) is 51.6 Å². The summed E-state index contributed by atoms with van der Waals surface area (Å²) in [6.07, 6.45) is 0. The minimum Gasteiger partial charge on any atom is -0.497 e. The van der Waals surface area contributed by atoms with Gasteiger partial charge in [0.05, 0.1) is 13.7 Å². The van der Waals surface area contributed by atoms with Crippen LogP contribution in [0.3, 0.4) is 0 Å². The minimum absolute atomic E-state index is 0.625. The van der Waals surface area contributed by atoms with E-state index >= 15 is 0 Å². The Morgan fingerprint density at radius 1 is 1.04 bits per heavy atom. The highest BCUT2D eigenvalue weighted by atomic mass is 16.5. The van der Waals surface area contributed by atoms with Crippen molar-refractivity contribution in [1.82, 2.24) is 10.2 Å². The molecule has 0 aliphatic carbocycles. The molecule has 0 fully saturated rings. The predicted molar refractivity (Wildman–Crippen MR) is 102 cm³/mol. The Morgan fingerprint density at radius 3 is 2.40 bits per heavy atom. The molecule has 0 saturated carbocycles. The molecule has 0 heterocycles. The monoisotopic (exact) mass is 341 g/mol. The molecule has 2 aromatic carbocycles. The van der Waals surface area contributed by atoms with Gasteiger partial charge in [-0.05, 0) is 28.8 Å². The number of nitrogens with zero attached hydrogens (tertiary/aromatic N) is 2. The average Bonchev–Trinajstić information content (AvgIpc) is 2.63. The maximum atomic E-state index is 5.20. The molecule has 0 atom stereocenters. The molecule has 0 amide bonds. The van der Waals surface area contributed by atoms with Crippen LogP contribution in [0.15, 0.2) is 53.5 Å². The molecule has 2 aromatic rings. The van der Waals surface area contributed by atoms with Gasteiger partial charge in [-0.3, -0.25) is 4.99 Å². The van der Waals surface area contributed by atoms with Crippen molar-refractivity contribution in [2.75, 3.05) is 28.3 Å². The van der Waals surface area contributed by atoms with Crippen molar-refractivity contribution in [2.45, 2.75) is 19.7 Å². The molecular weight excluding hydrogens is 314 g/mol. The van der Waals surface area contributed by atoms with E-state index in [-0.39, 0.29) is 0 Å². The van der Waals surface area contributed by atoms with Crippen molar-refractivity contribution in [3.05, 3.63) is 65.2 Å². The smallest absolute Gasteiger partial charge is 0.193 e. The van der Waals surface area contributed by atoms with Gasteiger partial charge in [-0.15, -0.1) is 0 Å². The van der Waals surface area contributed by atoms with Crippen molar-refractivity contribution < 1.29 is 9.47 Å². The van der Waals surface area contributed by atoms with Gasteiger partial charge in [-0.25, -0.2) is 0 Å². The summed E-state index contributed by atoms with van der Waals surface area (Å²) >= 11 is 0. The van der Waals surface area contributed by atoms with Gasteiger partial charge < -0.3 is 19.7 Å². The van der Waals surface area contributed by atoms with Crippen LogP contribution >= 0.6 is 0 Å². The van der Waals surface area contributed by atoms with E-state index in [1.165, 1.54) is 16.7 Å². The molecular formula is C20H27N3O2.